The first-order valence-electron chi connectivity index (χ1n) is 10.1. The molecule has 2 aliphatic heterocycles. The van der Waals surface area contributed by atoms with Gasteiger partial charge >= 0.3 is 0 Å². The number of fused-ring (bicyclic) bond motifs is 2. The van der Waals surface area contributed by atoms with Gasteiger partial charge in [-0.15, -0.1) is 0 Å². The molecule has 1 aromatic carbocycles. The maximum atomic E-state index is 13.2. The van der Waals surface area contributed by atoms with E-state index in [1.54, 1.807) is 24.3 Å². The van der Waals surface area contributed by atoms with Crippen LogP contribution in [0.1, 0.15) is 50.4 Å². The second-order valence-corrected chi connectivity index (χ2v) is 11.6. The van der Waals surface area contributed by atoms with Crippen LogP contribution in [0, 0.1) is 10.8 Å². The summed E-state index contributed by atoms with van der Waals surface area (Å²) in [7, 11) is -3.53. The summed E-state index contributed by atoms with van der Waals surface area (Å²) in [5.41, 5.74) is 1.000. The highest BCUT2D eigenvalue weighted by Crippen LogP contribution is 2.52. The molecule has 1 saturated carbocycles. The lowest BCUT2D eigenvalue weighted by Crippen LogP contribution is -2.40. The predicted molar refractivity (Wildman–Crippen MR) is 107 cm³/mol. The number of carbonyl (C=O) groups is 1. The molecule has 1 aromatic rings. The van der Waals surface area contributed by atoms with Gasteiger partial charge in [-0.25, -0.2) is 8.42 Å². The Morgan fingerprint density at radius 1 is 1.07 bits per heavy atom. The highest BCUT2D eigenvalue weighted by molar-refractivity contribution is 7.89. The molecule has 1 aliphatic carbocycles. The van der Waals surface area contributed by atoms with Crippen molar-refractivity contribution in [2.24, 2.45) is 10.8 Å². The first kappa shape index (κ1) is 19.9. The van der Waals surface area contributed by atoms with Gasteiger partial charge in [0.15, 0.2) is 0 Å². The third-order valence-corrected chi connectivity index (χ3v) is 8.30. The number of benzene rings is 1. The average Bonchev–Trinajstić information content (AvgIpc) is 2.90. The topological polar surface area (TPSA) is 66.9 Å². The van der Waals surface area contributed by atoms with Crippen molar-refractivity contribution in [3.63, 3.8) is 0 Å². The van der Waals surface area contributed by atoms with Gasteiger partial charge < -0.3 is 9.64 Å². The molecular formula is C21H30N2O4S. The molecule has 0 spiro atoms. The molecule has 0 radical (unpaired) electrons. The average molecular weight is 407 g/mol. The minimum Gasteiger partial charge on any atom is -0.379 e. The van der Waals surface area contributed by atoms with Crippen LogP contribution < -0.4 is 0 Å². The summed E-state index contributed by atoms with van der Waals surface area (Å²) in [4.78, 5) is 15.4. The van der Waals surface area contributed by atoms with Crippen LogP contribution >= 0.6 is 0 Å². The van der Waals surface area contributed by atoms with Crippen molar-refractivity contribution in [1.82, 2.24) is 9.21 Å². The number of morpholine rings is 1. The van der Waals surface area contributed by atoms with Gasteiger partial charge in [-0.2, -0.15) is 4.31 Å². The number of hydrogen-bond acceptors (Lipinski definition) is 4. The van der Waals surface area contributed by atoms with Crippen LogP contribution in [0.5, 0.6) is 0 Å². The summed E-state index contributed by atoms with van der Waals surface area (Å²) >= 11 is 0. The lowest BCUT2D eigenvalue weighted by atomic mass is 9.65. The quantitative estimate of drug-likeness (QED) is 0.774. The minimum atomic E-state index is -3.53. The first-order chi connectivity index (χ1) is 13.1. The van der Waals surface area contributed by atoms with E-state index in [0.717, 1.165) is 25.8 Å². The monoisotopic (exact) mass is 406 g/mol. The summed E-state index contributed by atoms with van der Waals surface area (Å²) in [6.45, 7) is 9.22. The second kappa shape index (κ2) is 6.82. The van der Waals surface area contributed by atoms with Gasteiger partial charge in [0.2, 0.25) is 10.0 Å². The molecular weight excluding hydrogens is 376 g/mol. The molecule has 0 unspecified atom stereocenters. The van der Waals surface area contributed by atoms with E-state index >= 15 is 0 Å². The van der Waals surface area contributed by atoms with Crippen molar-refractivity contribution in [3.05, 3.63) is 29.8 Å². The zero-order valence-electron chi connectivity index (χ0n) is 17.0. The Balaban J connectivity index is 1.52. The Labute approximate surface area is 167 Å². The van der Waals surface area contributed by atoms with Crippen LogP contribution in [-0.2, 0) is 14.8 Å². The van der Waals surface area contributed by atoms with Crippen LogP contribution in [0.4, 0.5) is 0 Å². The SMILES string of the molecule is CC1(C)C[C@H]2C[C@](C)(CN2C(=O)c2ccc(S(=O)(=O)N3CCOCC3)cc2)C1. The fourth-order valence-electron chi connectivity index (χ4n) is 5.57. The fourth-order valence-corrected chi connectivity index (χ4v) is 6.98. The zero-order chi connectivity index (χ0) is 20.2. The molecule has 2 bridgehead atoms. The van der Waals surface area contributed by atoms with Gasteiger partial charge in [0.1, 0.15) is 0 Å². The fraction of sp³-hybridized carbons (Fsp3) is 0.667. The molecule has 2 atom stereocenters. The maximum absolute atomic E-state index is 13.2. The Kier molecular flexibility index (Phi) is 4.83. The number of hydrogen-bond donors (Lipinski definition) is 0. The van der Waals surface area contributed by atoms with Crippen molar-refractivity contribution in [3.8, 4) is 0 Å². The molecule has 6 nitrogen and oxygen atoms in total. The minimum absolute atomic E-state index is 0.0155. The van der Waals surface area contributed by atoms with E-state index < -0.39 is 10.0 Å². The lowest BCUT2D eigenvalue weighted by molar-refractivity contribution is 0.0708. The number of carbonyl (C=O) groups excluding carboxylic acids is 1. The van der Waals surface area contributed by atoms with Crippen molar-refractivity contribution < 1.29 is 17.9 Å². The third-order valence-electron chi connectivity index (χ3n) is 6.38. The van der Waals surface area contributed by atoms with Gasteiger partial charge in [-0.3, -0.25) is 4.79 Å². The van der Waals surface area contributed by atoms with E-state index in [1.807, 2.05) is 4.90 Å². The van der Waals surface area contributed by atoms with Gasteiger partial charge in [0, 0.05) is 31.2 Å². The third kappa shape index (κ3) is 3.60. The molecule has 0 N–H and O–H groups in total. The Morgan fingerprint density at radius 3 is 2.36 bits per heavy atom. The van der Waals surface area contributed by atoms with E-state index in [2.05, 4.69) is 20.8 Å². The molecule has 3 fully saturated rings. The highest BCUT2D eigenvalue weighted by Gasteiger charge is 2.51. The van der Waals surface area contributed by atoms with Gasteiger partial charge in [0.25, 0.3) is 5.91 Å². The second-order valence-electron chi connectivity index (χ2n) is 9.69. The van der Waals surface area contributed by atoms with Crippen LogP contribution in [0.3, 0.4) is 0 Å². The van der Waals surface area contributed by atoms with E-state index in [-0.39, 0.29) is 27.7 Å². The van der Waals surface area contributed by atoms with Gasteiger partial charge in [-0.05, 0) is 54.4 Å². The molecule has 154 valence electrons. The van der Waals surface area contributed by atoms with Crippen LogP contribution in [0.25, 0.3) is 0 Å². The van der Waals surface area contributed by atoms with Crippen molar-refractivity contribution in [1.29, 1.82) is 0 Å². The summed E-state index contributed by atoms with van der Waals surface area (Å²) < 4.78 is 32.2. The number of amides is 1. The van der Waals surface area contributed by atoms with E-state index in [0.29, 0.717) is 31.9 Å². The molecule has 7 heteroatoms. The lowest BCUT2D eigenvalue weighted by Gasteiger charge is -2.39. The Bertz CT molecular complexity index is 859. The van der Waals surface area contributed by atoms with Crippen molar-refractivity contribution in [2.45, 2.75) is 51.0 Å². The van der Waals surface area contributed by atoms with Crippen LogP contribution in [0.15, 0.2) is 29.2 Å². The predicted octanol–water partition coefficient (Wildman–Crippen LogP) is 2.75. The highest BCUT2D eigenvalue weighted by atomic mass is 32.2. The van der Waals surface area contributed by atoms with E-state index in [9.17, 15) is 13.2 Å². The summed E-state index contributed by atoms with van der Waals surface area (Å²) in [5.74, 6) is 0.0155. The molecule has 2 saturated heterocycles. The largest absolute Gasteiger partial charge is 0.379 e. The van der Waals surface area contributed by atoms with E-state index in [4.69, 9.17) is 4.74 Å². The van der Waals surface area contributed by atoms with Crippen molar-refractivity contribution in [2.75, 3.05) is 32.8 Å². The molecule has 3 aliphatic rings. The number of sulfonamides is 1. The Hall–Kier alpha value is -1.44. The number of rotatable bonds is 3. The number of likely N-dealkylation sites (tertiary alicyclic amines) is 1. The van der Waals surface area contributed by atoms with Crippen molar-refractivity contribution >= 4 is 15.9 Å². The maximum Gasteiger partial charge on any atom is 0.254 e. The molecule has 1 amide bonds. The molecule has 28 heavy (non-hydrogen) atoms. The van der Waals surface area contributed by atoms with E-state index in [1.165, 1.54) is 4.31 Å². The molecule has 2 heterocycles. The molecule has 4 rings (SSSR count). The smallest absolute Gasteiger partial charge is 0.254 e. The van der Waals surface area contributed by atoms with Crippen LogP contribution in [-0.4, -0.2) is 62.4 Å². The summed E-state index contributed by atoms with van der Waals surface area (Å²) in [5, 5.41) is 0. The van der Waals surface area contributed by atoms with Gasteiger partial charge in [0.05, 0.1) is 18.1 Å². The Morgan fingerprint density at radius 2 is 1.71 bits per heavy atom. The summed E-state index contributed by atoms with van der Waals surface area (Å²) in [6, 6.07) is 6.72. The molecule has 0 aromatic heterocycles. The number of nitrogens with zero attached hydrogens (tertiary/aromatic N) is 2. The summed E-state index contributed by atoms with van der Waals surface area (Å²) in [6.07, 6.45) is 3.22. The number of ether oxygens (including phenoxy) is 1. The van der Waals surface area contributed by atoms with Crippen LogP contribution in [0.2, 0.25) is 0 Å². The standard InChI is InChI=1S/C21H30N2O4S/c1-20(2)12-17-13-21(3,14-20)15-23(17)19(24)16-4-6-18(7-5-16)28(25,26)22-8-10-27-11-9-22/h4-7,17H,8-15H2,1-3H3/t17-,21-/m0/s1. The zero-order valence-corrected chi connectivity index (χ0v) is 17.8. The van der Waals surface area contributed by atoms with Gasteiger partial charge in [-0.1, -0.05) is 20.8 Å². The normalized spacial score (nSPS) is 30.4. The first-order valence-corrected chi connectivity index (χ1v) is 11.5.